The first-order chi connectivity index (χ1) is 12.7. The molecule has 1 aromatic heterocycles. The predicted molar refractivity (Wildman–Crippen MR) is 105 cm³/mol. The lowest BCUT2D eigenvalue weighted by Gasteiger charge is -2.22. The Morgan fingerprint density at radius 1 is 1.12 bits per heavy atom. The van der Waals surface area contributed by atoms with Crippen molar-refractivity contribution in [2.45, 2.75) is 43.9 Å². The Bertz CT molecular complexity index is 730. The average Bonchev–Trinajstić information content (AvgIpc) is 3.12. The van der Waals surface area contributed by atoms with Crippen LogP contribution in [0.2, 0.25) is 0 Å². The summed E-state index contributed by atoms with van der Waals surface area (Å²) in [4.78, 5) is 24.1. The number of carbonyl (C=O) groups excluding carboxylic acids is 2. The summed E-state index contributed by atoms with van der Waals surface area (Å²) in [5, 5.41) is 15.0. The number of hydrogen-bond donors (Lipinski definition) is 2. The molecule has 0 saturated heterocycles. The van der Waals surface area contributed by atoms with E-state index in [1.54, 1.807) is 0 Å². The number of para-hydroxylation sites is 1. The van der Waals surface area contributed by atoms with E-state index < -0.39 is 0 Å². The lowest BCUT2D eigenvalue weighted by molar-refractivity contribution is -0.119. The van der Waals surface area contributed by atoms with Crippen molar-refractivity contribution in [1.82, 2.24) is 15.5 Å². The van der Waals surface area contributed by atoms with Crippen molar-refractivity contribution in [3.63, 3.8) is 0 Å². The molecule has 1 aliphatic rings. The molecule has 1 saturated carbocycles. The molecule has 1 aromatic carbocycles. The second-order valence-electron chi connectivity index (χ2n) is 6.22. The molecule has 26 heavy (non-hydrogen) atoms. The van der Waals surface area contributed by atoms with E-state index >= 15 is 0 Å². The standard InChI is InChI=1S/C18H22N4O2S2/c23-15(19-13-7-3-1-4-8-13)11-25-12-16-21-22-18(26-16)17(24)20-14-9-5-2-6-10-14/h2,5-6,9-10,13H,1,3-4,7-8,11-12H2,(H,19,23)(H,20,24). The van der Waals surface area contributed by atoms with Crippen molar-refractivity contribution in [1.29, 1.82) is 0 Å². The molecule has 8 heteroatoms. The lowest BCUT2D eigenvalue weighted by atomic mass is 9.95. The highest BCUT2D eigenvalue weighted by Gasteiger charge is 2.16. The third kappa shape index (κ3) is 5.81. The molecule has 6 nitrogen and oxygen atoms in total. The maximum atomic E-state index is 12.2. The van der Waals surface area contributed by atoms with Crippen LogP contribution in [0.25, 0.3) is 0 Å². The fourth-order valence-corrected chi connectivity index (χ4v) is 4.48. The van der Waals surface area contributed by atoms with Crippen LogP contribution in [-0.4, -0.2) is 33.8 Å². The Labute approximate surface area is 161 Å². The van der Waals surface area contributed by atoms with Crippen LogP contribution >= 0.6 is 23.1 Å². The Hall–Kier alpha value is -1.93. The van der Waals surface area contributed by atoms with Crippen molar-refractivity contribution in [2.24, 2.45) is 0 Å². The van der Waals surface area contributed by atoms with Gasteiger partial charge in [-0.2, -0.15) is 0 Å². The van der Waals surface area contributed by atoms with Crippen LogP contribution in [0.15, 0.2) is 30.3 Å². The summed E-state index contributed by atoms with van der Waals surface area (Å²) in [7, 11) is 0. The number of thioether (sulfide) groups is 1. The summed E-state index contributed by atoms with van der Waals surface area (Å²) < 4.78 is 0. The van der Waals surface area contributed by atoms with Crippen LogP contribution in [0, 0.1) is 0 Å². The maximum Gasteiger partial charge on any atom is 0.286 e. The van der Waals surface area contributed by atoms with Crippen LogP contribution in [-0.2, 0) is 10.5 Å². The third-order valence-electron chi connectivity index (χ3n) is 4.12. The van der Waals surface area contributed by atoms with E-state index in [1.165, 1.54) is 42.4 Å². The van der Waals surface area contributed by atoms with Gasteiger partial charge in [-0.05, 0) is 25.0 Å². The minimum absolute atomic E-state index is 0.0773. The minimum atomic E-state index is -0.264. The number of amides is 2. The van der Waals surface area contributed by atoms with Crippen molar-refractivity contribution >= 4 is 40.6 Å². The van der Waals surface area contributed by atoms with Crippen LogP contribution in [0.5, 0.6) is 0 Å². The van der Waals surface area contributed by atoms with E-state index in [4.69, 9.17) is 0 Å². The van der Waals surface area contributed by atoms with Crippen LogP contribution < -0.4 is 10.6 Å². The molecule has 0 atom stereocenters. The molecule has 1 aliphatic carbocycles. The van der Waals surface area contributed by atoms with E-state index in [9.17, 15) is 9.59 Å². The maximum absolute atomic E-state index is 12.2. The second kappa shape index (κ2) is 9.68. The van der Waals surface area contributed by atoms with Gasteiger partial charge in [0.2, 0.25) is 10.9 Å². The first kappa shape index (κ1) is 18.8. The number of anilines is 1. The normalized spacial score (nSPS) is 14.8. The average molecular weight is 391 g/mol. The first-order valence-corrected chi connectivity index (χ1v) is 10.7. The zero-order valence-corrected chi connectivity index (χ0v) is 16.1. The summed E-state index contributed by atoms with van der Waals surface area (Å²) in [5.74, 6) is 0.796. The van der Waals surface area contributed by atoms with Gasteiger partial charge in [0.05, 0.1) is 5.75 Å². The quantitative estimate of drug-likeness (QED) is 0.756. The highest BCUT2D eigenvalue weighted by Crippen LogP contribution is 2.19. The van der Waals surface area contributed by atoms with Gasteiger partial charge in [0.15, 0.2) is 0 Å². The topological polar surface area (TPSA) is 84.0 Å². The lowest BCUT2D eigenvalue weighted by Crippen LogP contribution is -2.37. The van der Waals surface area contributed by atoms with E-state index in [-0.39, 0.29) is 11.8 Å². The second-order valence-corrected chi connectivity index (χ2v) is 8.26. The van der Waals surface area contributed by atoms with Gasteiger partial charge in [-0.25, -0.2) is 0 Å². The van der Waals surface area contributed by atoms with Crippen LogP contribution in [0.4, 0.5) is 5.69 Å². The Morgan fingerprint density at radius 2 is 1.88 bits per heavy atom. The van der Waals surface area contributed by atoms with Gasteiger partial charge in [-0.1, -0.05) is 48.8 Å². The number of nitrogens with zero attached hydrogens (tertiary/aromatic N) is 2. The molecule has 2 aromatic rings. The number of nitrogens with one attached hydrogen (secondary N) is 2. The summed E-state index contributed by atoms with van der Waals surface area (Å²) in [6.45, 7) is 0. The molecular formula is C18H22N4O2S2. The number of aromatic nitrogens is 2. The van der Waals surface area contributed by atoms with Gasteiger partial charge in [-0.15, -0.1) is 22.0 Å². The molecule has 2 N–H and O–H groups in total. The summed E-state index contributed by atoms with van der Waals surface area (Å²) in [6, 6.07) is 9.58. The van der Waals surface area contributed by atoms with Crippen molar-refractivity contribution < 1.29 is 9.59 Å². The Kier molecular flexibility index (Phi) is 7.02. The Morgan fingerprint density at radius 3 is 2.65 bits per heavy atom. The summed E-state index contributed by atoms with van der Waals surface area (Å²) >= 11 is 2.76. The smallest absolute Gasteiger partial charge is 0.286 e. The fourth-order valence-electron chi connectivity index (χ4n) is 2.86. The van der Waals surface area contributed by atoms with Crippen molar-refractivity contribution in [3.8, 4) is 0 Å². The van der Waals surface area contributed by atoms with Crippen LogP contribution in [0.1, 0.15) is 46.9 Å². The zero-order chi connectivity index (χ0) is 18.2. The van der Waals surface area contributed by atoms with Crippen LogP contribution in [0.3, 0.4) is 0 Å². The molecule has 1 fully saturated rings. The summed E-state index contributed by atoms with van der Waals surface area (Å²) in [5.41, 5.74) is 0.725. The molecular weight excluding hydrogens is 368 g/mol. The molecule has 0 aliphatic heterocycles. The molecule has 1 heterocycles. The molecule has 3 rings (SSSR count). The van der Waals surface area contributed by atoms with Crippen molar-refractivity contribution in [2.75, 3.05) is 11.1 Å². The predicted octanol–water partition coefficient (Wildman–Crippen LogP) is 3.47. The summed E-state index contributed by atoms with van der Waals surface area (Å²) in [6.07, 6.45) is 5.87. The number of rotatable bonds is 7. The largest absolute Gasteiger partial charge is 0.353 e. The number of carbonyl (C=O) groups is 2. The fraction of sp³-hybridized carbons (Fsp3) is 0.444. The zero-order valence-electron chi connectivity index (χ0n) is 14.4. The minimum Gasteiger partial charge on any atom is -0.353 e. The molecule has 0 bridgehead atoms. The van der Waals surface area contributed by atoms with Gasteiger partial charge in [0.25, 0.3) is 5.91 Å². The van der Waals surface area contributed by atoms with Gasteiger partial charge < -0.3 is 10.6 Å². The third-order valence-corrected chi connectivity index (χ3v) is 6.17. The van der Waals surface area contributed by atoms with E-state index in [0.29, 0.717) is 22.6 Å². The van der Waals surface area contributed by atoms with E-state index in [1.807, 2.05) is 30.3 Å². The SMILES string of the molecule is O=C(CSCc1nnc(C(=O)Nc2ccccc2)s1)NC1CCCCC1. The van der Waals surface area contributed by atoms with E-state index in [0.717, 1.165) is 23.5 Å². The monoisotopic (exact) mass is 390 g/mol. The highest BCUT2D eigenvalue weighted by atomic mass is 32.2. The van der Waals surface area contributed by atoms with Gasteiger partial charge in [-0.3, -0.25) is 9.59 Å². The van der Waals surface area contributed by atoms with Gasteiger partial charge in [0.1, 0.15) is 5.01 Å². The number of hydrogen-bond acceptors (Lipinski definition) is 6. The molecule has 138 valence electrons. The van der Waals surface area contributed by atoms with Gasteiger partial charge in [0, 0.05) is 17.5 Å². The molecule has 0 spiro atoms. The molecule has 0 unspecified atom stereocenters. The molecule has 0 radical (unpaired) electrons. The van der Waals surface area contributed by atoms with Crippen molar-refractivity contribution in [3.05, 3.63) is 40.3 Å². The highest BCUT2D eigenvalue weighted by molar-refractivity contribution is 7.99. The van der Waals surface area contributed by atoms with E-state index in [2.05, 4.69) is 20.8 Å². The van der Waals surface area contributed by atoms with Gasteiger partial charge >= 0.3 is 0 Å². The Balaban J connectivity index is 1.40. The number of benzene rings is 1. The first-order valence-electron chi connectivity index (χ1n) is 8.76. The molecule has 2 amide bonds.